The molecule has 0 spiro atoms. The number of furan rings is 1. The second-order valence-electron chi connectivity index (χ2n) is 6.46. The Morgan fingerprint density at radius 2 is 2.21 bits per heavy atom. The van der Waals surface area contributed by atoms with Gasteiger partial charge in [-0.3, -0.25) is 9.79 Å². The molecule has 0 unspecified atom stereocenters. The van der Waals surface area contributed by atoms with Crippen molar-refractivity contribution in [2.24, 2.45) is 9.98 Å². The molecule has 3 heterocycles. The Balaban J connectivity index is 1.54. The number of amidine groups is 1. The van der Waals surface area contributed by atoms with Crippen molar-refractivity contribution in [3.05, 3.63) is 40.6 Å². The number of fused-ring (bicyclic) bond motifs is 3. The van der Waals surface area contributed by atoms with Gasteiger partial charge in [0.25, 0.3) is 5.91 Å². The van der Waals surface area contributed by atoms with Gasteiger partial charge in [0.2, 0.25) is 5.88 Å². The highest BCUT2D eigenvalue weighted by atomic mass is 16.5. The van der Waals surface area contributed by atoms with Gasteiger partial charge in [0.1, 0.15) is 17.9 Å². The number of nitrogens with one attached hydrogen (secondary N) is 1. The molecule has 4 rings (SSSR count). The summed E-state index contributed by atoms with van der Waals surface area (Å²) in [6.07, 6.45) is 1.70. The average molecular weight is 382 g/mol. The molecule has 146 valence electrons. The number of rotatable bonds is 6. The molecule has 0 bridgehead atoms. The van der Waals surface area contributed by atoms with E-state index in [0.717, 1.165) is 17.9 Å². The fourth-order valence-electron chi connectivity index (χ4n) is 3.39. The van der Waals surface area contributed by atoms with Gasteiger partial charge in [-0.15, -0.1) is 0 Å². The summed E-state index contributed by atoms with van der Waals surface area (Å²) >= 11 is 0. The van der Waals surface area contributed by atoms with Crippen molar-refractivity contribution in [2.45, 2.75) is 20.4 Å². The third-order valence-electron chi connectivity index (χ3n) is 4.69. The highest BCUT2D eigenvalue weighted by Gasteiger charge is 2.33. The first-order valence-electron chi connectivity index (χ1n) is 9.19. The Labute approximate surface area is 162 Å². The minimum atomic E-state index is -0.220. The Morgan fingerprint density at radius 1 is 1.36 bits per heavy atom. The molecule has 0 radical (unpaired) electrons. The van der Waals surface area contributed by atoms with Crippen LogP contribution in [0.4, 0.5) is 5.88 Å². The highest BCUT2D eigenvalue weighted by Crippen LogP contribution is 2.34. The van der Waals surface area contributed by atoms with Crippen LogP contribution in [0.5, 0.6) is 11.5 Å². The summed E-state index contributed by atoms with van der Waals surface area (Å²) in [7, 11) is 1.59. The van der Waals surface area contributed by atoms with Gasteiger partial charge in [-0.1, -0.05) is 6.07 Å². The van der Waals surface area contributed by atoms with E-state index in [4.69, 9.17) is 13.9 Å². The van der Waals surface area contributed by atoms with E-state index in [1.807, 2.05) is 30.0 Å². The maximum Gasteiger partial charge on any atom is 0.255 e. The molecule has 28 heavy (non-hydrogen) atoms. The summed E-state index contributed by atoms with van der Waals surface area (Å²) in [6, 6.07) is 5.60. The summed E-state index contributed by atoms with van der Waals surface area (Å²) in [5.74, 6) is 2.80. The molecule has 1 aromatic heterocycles. The number of benzene rings is 1. The molecular formula is C20H22N4O4. The van der Waals surface area contributed by atoms with Gasteiger partial charge in [-0.2, -0.15) is 0 Å². The monoisotopic (exact) mass is 382 g/mol. The lowest BCUT2D eigenvalue weighted by Crippen LogP contribution is -2.32. The lowest BCUT2D eigenvalue weighted by Gasteiger charge is -2.18. The first-order chi connectivity index (χ1) is 13.6. The summed E-state index contributed by atoms with van der Waals surface area (Å²) in [4.78, 5) is 23.7. The predicted octanol–water partition coefficient (Wildman–Crippen LogP) is 2.66. The Bertz CT molecular complexity index is 977. The molecule has 2 aromatic rings. The fraction of sp³-hybridized carbons (Fsp3) is 0.350. The summed E-state index contributed by atoms with van der Waals surface area (Å²) in [5.41, 5.74) is 2.05. The number of carbonyl (C=O) groups is 1. The van der Waals surface area contributed by atoms with Gasteiger partial charge in [0, 0.05) is 13.1 Å². The number of carbonyl (C=O) groups excluding carboxylic acids is 1. The molecule has 8 nitrogen and oxygen atoms in total. The zero-order chi connectivity index (χ0) is 19.7. The predicted molar refractivity (Wildman–Crippen MR) is 105 cm³/mol. The molecule has 0 saturated carbocycles. The van der Waals surface area contributed by atoms with Crippen molar-refractivity contribution in [1.82, 2.24) is 10.2 Å². The third kappa shape index (κ3) is 3.11. The van der Waals surface area contributed by atoms with Crippen LogP contribution in [0.25, 0.3) is 0 Å². The van der Waals surface area contributed by atoms with Crippen LogP contribution in [-0.4, -0.2) is 49.8 Å². The second kappa shape index (κ2) is 7.38. The van der Waals surface area contributed by atoms with Crippen LogP contribution in [0.2, 0.25) is 0 Å². The van der Waals surface area contributed by atoms with E-state index < -0.39 is 0 Å². The van der Waals surface area contributed by atoms with E-state index in [-0.39, 0.29) is 5.91 Å². The van der Waals surface area contributed by atoms with Gasteiger partial charge < -0.3 is 24.1 Å². The Hall–Kier alpha value is -3.29. The van der Waals surface area contributed by atoms with Gasteiger partial charge in [-0.05, 0) is 31.5 Å². The van der Waals surface area contributed by atoms with E-state index in [0.29, 0.717) is 54.0 Å². The molecule has 1 aromatic carbocycles. The lowest BCUT2D eigenvalue weighted by molar-refractivity contribution is 0.0949. The molecule has 0 fully saturated rings. The van der Waals surface area contributed by atoms with Crippen LogP contribution in [0.15, 0.2) is 32.6 Å². The maximum absolute atomic E-state index is 12.9. The van der Waals surface area contributed by atoms with Crippen LogP contribution >= 0.6 is 0 Å². The first-order valence-corrected chi connectivity index (χ1v) is 9.19. The van der Waals surface area contributed by atoms with E-state index >= 15 is 0 Å². The number of amides is 1. The number of ether oxygens (including phenoxy) is 2. The van der Waals surface area contributed by atoms with Crippen molar-refractivity contribution >= 4 is 24.0 Å². The number of hydrogen-bond acceptors (Lipinski definition) is 7. The van der Waals surface area contributed by atoms with E-state index in [1.165, 1.54) is 0 Å². The molecule has 1 amide bonds. The van der Waals surface area contributed by atoms with Crippen LogP contribution in [0, 0.1) is 6.92 Å². The highest BCUT2D eigenvalue weighted by molar-refractivity contribution is 6.17. The minimum Gasteiger partial charge on any atom is -0.493 e. The van der Waals surface area contributed by atoms with Gasteiger partial charge >= 0.3 is 0 Å². The van der Waals surface area contributed by atoms with Crippen LogP contribution in [-0.2, 0) is 6.54 Å². The van der Waals surface area contributed by atoms with Crippen molar-refractivity contribution in [2.75, 3.05) is 26.8 Å². The van der Waals surface area contributed by atoms with E-state index in [2.05, 4.69) is 15.3 Å². The molecular weight excluding hydrogens is 360 g/mol. The fourth-order valence-corrected chi connectivity index (χ4v) is 3.39. The largest absolute Gasteiger partial charge is 0.493 e. The molecule has 1 N–H and O–H groups in total. The first kappa shape index (κ1) is 18.1. The third-order valence-corrected chi connectivity index (χ3v) is 4.69. The van der Waals surface area contributed by atoms with Crippen molar-refractivity contribution in [3.8, 4) is 11.5 Å². The molecule has 0 atom stereocenters. The van der Waals surface area contributed by atoms with Crippen LogP contribution in [0.3, 0.4) is 0 Å². The van der Waals surface area contributed by atoms with Crippen molar-refractivity contribution < 1.29 is 18.7 Å². The zero-order valence-corrected chi connectivity index (χ0v) is 16.1. The van der Waals surface area contributed by atoms with E-state index in [1.54, 1.807) is 20.4 Å². The quantitative estimate of drug-likeness (QED) is 0.830. The normalized spacial score (nSPS) is 14.4. The Kier molecular flexibility index (Phi) is 4.77. The Morgan fingerprint density at radius 3 is 3.00 bits per heavy atom. The topological polar surface area (TPSA) is 88.7 Å². The number of aryl methyl sites for hydroxylation is 1. The van der Waals surface area contributed by atoms with Crippen molar-refractivity contribution in [3.63, 3.8) is 0 Å². The molecule has 8 heteroatoms. The smallest absolute Gasteiger partial charge is 0.255 e. The second-order valence-corrected chi connectivity index (χ2v) is 6.46. The lowest BCUT2D eigenvalue weighted by atomic mass is 10.1. The number of hydrogen-bond donors (Lipinski definition) is 1. The van der Waals surface area contributed by atoms with Gasteiger partial charge in [0.15, 0.2) is 11.5 Å². The van der Waals surface area contributed by atoms with Crippen LogP contribution in [0.1, 0.15) is 34.2 Å². The van der Waals surface area contributed by atoms with Gasteiger partial charge in [0.05, 0.1) is 31.4 Å². The number of aliphatic imine (C=N–C) groups is 2. The summed E-state index contributed by atoms with van der Waals surface area (Å²) < 4.78 is 16.6. The standard InChI is InChI=1S/C20H22N4O4/c1-4-27-14-6-5-13(9-15(14)26-3)10-22-19(25)16-12(2)28-20-17(16)18-21-7-8-24(18)11-23-20/h5-6,9,11H,4,7-8,10H2,1-3H3,(H,22,25). The maximum atomic E-state index is 12.9. The van der Waals surface area contributed by atoms with E-state index in [9.17, 15) is 4.79 Å². The molecule has 0 aliphatic carbocycles. The molecule has 2 aliphatic heterocycles. The molecule has 2 aliphatic rings. The van der Waals surface area contributed by atoms with Gasteiger partial charge in [-0.25, -0.2) is 4.99 Å². The van der Waals surface area contributed by atoms with Crippen molar-refractivity contribution in [1.29, 1.82) is 0 Å². The van der Waals surface area contributed by atoms with Crippen LogP contribution < -0.4 is 14.8 Å². The average Bonchev–Trinajstić information content (AvgIpc) is 3.30. The zero-order valence-electron chi connectivity index (χ0n) is 16.1. The minimum absolute atomic E-state index is 0.220. The summed E-state index contributed by atoms with van der Waals surface area (Å²) in [5, 5.41) is 2.95. The number of methoxy groups -OCH3 is 1. The molecule has 0 saturated heterocycles. The number of nitrogens with zero attached hydrogens (tertiary/aromatic N) is 3. The summed E-state index contributed by atoms with van der Waals surface area (Å²) in [6.45, 7) is 6.03. The SMILES string of the molecule is CCOc1ccc(CNC(=O)c2c(C)oc3c2C2=NCCN2C=N3)cc1OC.